The van der Waals surface area contributed by atoms with Crippen molar-refractivity contribution >= 4 is 35.3 Å². The summed E-state index contributed by atoms with van der Waals surface area (Å²) in [5.74, 6) is -18.2. The number of nitrogens with zero attached hydrogens (tertiary/aromatic N) is 2. The lowest BCUT2D eigenvalue weighted by Crippen LogP contribution is -2.48. The van der Waals surface area contributed by atoms with Crippen LogP contribution in [0.15, 0.2) is 66.7 Å². The first-order valence-corrected chi connectivity index (χ1v) is 21.2. The summed E-state index contributed by atoms with van der Waals surface area (Å²) in [6.07, 6.45) is -2.02. The largest absolute Gasteiger partial charge is 0.490 e. The van der Waals surface area contributed by atoms with Gasteiger partial charge in [0.05, 0.1) is 7.11 Å². The molecular weight excluding hydrogens is 884 g/mol. The van der Waals surface area contributed by atoms with Gasteiger partial charge in [0.1, 0.15) is 12.1 Å². The Bertz CT molecular complexity index is 2380. The highest BCUT2D eigenvalue weighted by molar-refractivity contribution is 5.98. The van der Waals surface area contributed by atoms with Crippen molar-refractivity contribution in [3.05, 3.63) is 89.2 Å². The van der Waals surface area contributed by atoms with E-state index in [0.717, 1.165) is 29.5 Å². The number of aromatic amines is 1. The Labute approximate surface area is 374 Å². The molecule has 2 saturated carbocycles. The Morgan fingerprint density at radius 1 is 0.818 bits per heavy atom. The van der Waals surface area contributed by atoms with E-state index in [1.165, 1.54) is 24.3 Å². The minimum absolute atomic E-state index is 0.0865. The fourth-order valence-electron chi connectivity index (χ4n) is 8.02. The minimum Gasteiger partial charge on any atom is -0.464 e. The van der Waals surface area contributed by atoms with E-state index in [4.69, 9.17) is 5.73 Å². The normalized spacial score (nSPS) is 19.5. The van der Waals surface area contributed by atoms with Crippen LogP contribution in [0.3, 0.4) is 0 Å². The molecule has 0 spiro atoms. The first-order chi connectivity index (χ1) is 31.2. The predicted octanol–water partition coefficient (Wildman–Crippen LogP) is 6.92. The number of hydrogen-bond donors (Lipinski definition) is 5. The smallest absolute Gasteiger partial charge is 0.464 e. The highest BCUT2D eigenvalue weighted by Gasteiger charge is 2.66. The number of benzene rings is 3. The second-order valence-corrected chi connectivity index (χ2v) is 16.5. The molecule has 1 heterocycles. The number of amides is 3. The Morgan fingerprint density at radius 3 is 2.05 bits per heavy atom. The van der Waals surface area contributed by atoms with Crippen molar-refractivity contribution in [1.82, 2.24) is 25.8 Å². The molecule has 354 valence electrons. The van der Waals surface area contributed by atoms with Gasteiger partial charge in [-0.2, -0.15) is 35.8 Å². The van der Waals surface area contributed by atoms with Crippen molar-refractivity contribution in [2.75, 3.05) is 19.0 Å². The van der Waals surface area contributed by atoms with E-state index >= 15 is 0 Å². The number of aromatic nitrogens is 3. The van der Waals surface area contributed by atoms with E-state index in [2.05, 4.69) is 35.5 Å². The molecule has 66 heavy (non-hydrogen) atoms. The summed E-state index contributed by atoms with van der Waals surface area (Å²) in [5.41, 5.74) is 9.67. The fourth-order valence-corrected chi connectivity index (χ4v) is 8.02. The number of carbonyl (C=O) groups is 5. The van der Waals surface area contributed by atoms with Crippen LogP contribution >= 0.6 is 0 Å². The van der Waals surface area contributed by atoms with Gasteiger partial charge in [0.25, 0.3) is 5.91 Å². The zero-order valence-corrected chi connectivity index (χ0v) is 35.8. The molecule has 2 aliphatic rings. The third-order valence-electron chi connectivity index (χ3n) is 11.9. The van der Waals surface area contributed by atoms with Gasteiger partial charge < -0.3 is 31.2 Å². The number of rotatable bonds is 15. The number of ether oxygens (including phenoxy) is 2. The Balaban J connectivity index is 1.10. The lowest BCUT2D eigenvalue weighted by Gasteiger charge is -2.29. The van der Waals surface area contributed by atoms with Gasteiger partial charge in [0.15, 0.2) is 5.82 Å². The molecule has 21 heteroatoms. The third kappa shape index (κ3) is 11.5. The van der Waals surface area contributed by atoms with Crippen LogP contribution in [0.2, 0.25) is 0 Å². The number of nitrogens with two attached hydrogens (primary N) is 1. The number of nitrogens with one attached hydrogen (secondary N) is 4. The number of aryl methyl sites for hydroxylation is 1. The average Bonchev–Trinajstić information content (AvgIpc) is 3.81. The number of carbonyl (C=O) groups excluding carboxylic acids is 5. The highest BCUT2D eigenvalue weighted by atomic mass is 19.4. The summed E-state index contributed by atoms with van der Waals surface area (Å²) in [5, 5.41) is 13.9. The van der Waals surface area contributed by atoms with E-state index in [1.54, 1.807) is 35.4 Å². The second-order valence-electron chi connectivity index (χ2n) is 16.5. The van der Waals surface area contributed by atoms with Crippen LogP contribution in [-0.2, 0) is 41.0 Å². The maximum atomic E-state index is 14.5. The molecule has 1 atom stereocenters. The molecule has 0 saturated heterocycles. The van der Waals surface area contributed by atoms with E-state index in [-0.39, 0.29) is 54.3 Å². The van der Waals surface area contributed by atoms with E-state index in [1.807, 2.05) is 19.1 Å². The molecular formula is C45H48F7N7O7. The Morgan fingerprint density at radius 2 is 1.45 bits per heavy atom. The summed E-state index contributed by atoms with van der Waals surface area (Å²) in [6.45, 7) is 2.35. The number of hydrogen-bond acceptors (Lipinski definition) is 10. The average molecular weight is 932 g/mol. The summed E-state index contributed by atoms with van der Waals surface area (Å²) >= 11 is 0. The minimum atomic E-state index is -5.23. The van der Waals surface area contributed by atoms with Crippen LogP contribution in [0.5, 0.6) is 0 Å². The quantitative estimate of drug-likeness (QED) is 0.0614. The fraction of sp³-hybridized carbons (Fsp3) is 0.444. The predicted molar refractivity (Wildman–Crippen MR) is 224 cm³/mol. The zero-order valence-electron chi connectivity index (χ0n) is 35.8. The summed E-state index contributed by atoms with van der Waals surface area (Å²) in [7, 11) is 0.539. The number of esters is 2. The number of methoxy groups -OCH3 is 1. The molecule has 0 bridgehead atoms. The van der Waals surface area contributed by atoms with Gasteiger partial charge in [-0.15, -0.1) is 0 Å². The van der Waals surface area contributed by atoms with Crippen molar-refractivity contribution in [2.24, 2.45) is 17.6 Å². The van der Waals surface area contributed by atoms with Crippen LogP contribution in [0.25, 0.3) is 22.5 Å². The highest BCUT2D eigenvalue weighted by Crippen LogP contribution is 2.42. The molecule has 3 amide bonds. The van der Waals surface area contributed by atoms with Gasteiger partial charge in [0, 0.05) is 35.2 Å². The van der Waals surface area contributed by atoms with Crippen molar-refractivity contribution < 1.29 is 64.2 Å². The number of H-pyrrole nitrogens is 1. The van der Waals surface area contributed by atoms with Gasteiger partial charge >= 0.3 is 30.0 Å². The van der Waals surface area contributed by atoms with Crippen molar-refractivity contribution in [3.8, 4) is 22.5 Å². The molecule has 2 fully saturated rings. The van der Waals surface area contributed by atoms with Crippen LogP contribution in [0, 0.1) is 18.8 Å². The van der Waals surface area contributed by atoms with Crippen LogP contribution in [0.1, 0.15) is 78.7 Å². The molecule has 4 aromatic rings. The molecule has 0 radical (unpaired) electrons. The Kier molecular flexibility index (Phi) is 15.2. The summed E-state index contributed by atoms with van der Waals surface area (Å²) in [4.78, 5) is 66.5. The lowest BCUT2D eigenvalue weighted by molar-refractivity contribution is -0.233. The van der Waals surface area contributed by atoms with E-state index < -0.39 is 59.7 Å². The maximum absolute atomic E-state index is 14.5. The number of alkyl halides is 7. The molecule has 1 aromatic heterocycles. The van der Waals surface area contributed by atoms with Gasteiger partial charge in [-0.3, -0.25) is 19.5 Å². The summed E-state index contributed by atoms with van der Waals surface area (Å²) < 4.78 is 103. The van der Waals surface area contributed by atoms with Gasteiger partial charge in [-0.05, 0) is 129 Å². The summed E-state index contributed by atoms with van der Waals surface area (Å²) in [6, 6.07) is 16.6. The van der Waals surface area contributed by atoms with Gasteiger partial charge in [-0.1, -0.05) is 30.3 Å². The topological polar surface area (TPSA) is 207 Å². The first-order valence-electron chi connectivity index (χ1n) is 21.2. The third-order valence-corrected chi connectivity index (χ3v) is 11.9. The lowest BCUT2D eigenvalue weighted by atomic mass is 9.81. The van der Waals surface area contributed by atoms with Crippen molar-refractivity contribution in [1.29, 1.82) is 0 Å². The van der Waals surface area contributed by atoms with Gasteiger partial charge in [-0.25, -0.2) is 14.6 Å². The van der Waals surface area contributed by atoms with Gasteiger partial charge in [0.2, 0.25) is 17.6 Å². The molecule has 0 unspecified atom stereocenters. The van der Waals surface area contributed by atoms with Crippen molar-refractivity contribution in [2.45, 2.75) is 101 Å². The second kappa shape index (κ2) is 20.4. The van der Waals surface area contributed by atoms with Crippen molar-refractivity contribution in [3.63, 3.8) is 0 Å². The number of anilines is 1. The van der Waals surface area contributed by atoms with E-state index in [0.29, 0.717) is 56.4 Å². The maximum Gasteiger partial charge on any atom is 0.490 e. The molecule has 6 N–H and O–H groups in total. The van der Waals surface area contributed by atoms with E-state index in [9.17, 15) is 54.7 Å². The monoisotopic (exact) mass is 931 g/mol. The van der Waals surface area contributed by atoms with Crippen LogP contribution in [0.4, 0.5) is 36.4 Å². The van der Waals surface area contributed by atoms with Crippen LogP contribution < -0.4 is 21.7 Å². The number of halogens is 7. The zero-order chi connectivity index (χ0) is 48.0. The van der Waals surface area contributed by atoms with Crippen LogP contribution in [-0.4, -0.2) is 88.8 Å². The molecule has 2 aliphatic carbocycles. The first kappa shape index (κ1) is 49.1. The standard InChI is InChI=1S/C45H48F7N7O7/c1-24-21-30(38(61)54-32-16-18-33(19-17-32)66-42(64)45(50,51)52)13-20-34(24)27-7-3-25(4-8-27)22-35(56-37(60)29-9-5-26(23-53)6-10-29)39(62)55-31-14-11-28(12-15-31)36-57-40(59-58-36)43(46,47)44(48,49)41(63)65-2/h3-4,7-8,11-15,20-21,26,29,32-33,35H,5-6,9-10,16-19,22-23,53H2,1-2H3,(H,54,61)(H,55,62)(H,56,60)(H,57,58,59)/t26?,29?,32?,33?,35-/m0/s1. The molecule has 6 rings (SSSR count). The Hall–Kier alpha value is -6.38. The SMILES string of the molecule is COC(=O)C(F)(F)C(F)(F)c1nc(-c2ccc(NC(=O)[C@H](Cc3ccc(-c4ccc(C(=O)NC5CCC(OC(=O)C(F)(F)F)CC5)cc4C)cc3)NC(=O)C3CCC(CN)CC3)cc2)n[nH]1. The molecule has 3 aromatic carbocycles. The molecule has 14 nitrogen and oxygen atoms in total. The molecule has 0 aliphatic heterocycles.